The maximum atomic E-state index is 12.7. The smallest absolute Gasteiger partial charge is 0.248 e. The van der Waals surface area contributed by atoms with Crippen LogP contribution < -0.4 is 5.32 Å². The minimum absolute atomic E-state index is 0.0667. The summed E-state index contributed by atoms with van der Waals surface area (Å²) in [5.74, 6) is 0.391. The number of aromatic nitrogens is 1. The van der Waals surface area contributed by atoms with E-state index in [0.717, 1.165) is 0 Å². The Bertz CT molecular complexity index is 652. The second-order valence-corrected chi connectivity index (χ2v) is 7.89. The highest BCUT2D eigenvalue weighted by Crippen LogP contribution is 2.39. The van der Waals surface area contributed by atoms with Gasteiger partial charge in [-0.25, -0.2) is 8.42 Å². The van der Waals surface area contributed by atoms with E-state index in [-0.39, 0.29) is 16.2 Å². The largest absolute Gasteiger partial charge is 0.360 e. The fraction of sp³-hybridized carbons (Fsp3) is 0.692. The Balaban J connectivity index is 1.79. The van der Waals surface area contributed by atoms with Crippen molar-refractivity contribution in [3.05, 3.63) is 11.5 Å². The van der Waals surface area contributed by atoms with Crippen molar-refractivity contribution in [3.63, 3.8) is 0 Å². The van der Waals surface area contributed by atoms with Gasteiger partial charge >= 0.3 is 0 Å². The molecular formula is C13H19N3O4S. The maximum Gasteiger partial charge on any atom is 0.248 e. The van der Waals surface area contributed by atoms with Gasteiger partial charge in [0.1, 0.15) is 10.6 Å². The summed E-state index contributed by atoms with van der Waals surface area (Å²) in [6.45, 7) is 4.76. The van der Waals surface area contributed by atoms with E-state index in [1.807, 2.05) is 0 Å². The topological polar surface area (TPSA) is 92.5 Å². The maximum absolute atomic E-state index is 12.7. The van der Waals surface area contributed by atoms with E-state index in [1.54, 1.807) is 13.8 Å². The van der Waals surface area contributed by atoms with Gasteiger partial charge < -0.3 is 9.84 Å². The third-order valence-corrected chi connectivity index (χ3v) is 6.69. The van der Waals surface area contributed by atoms with Gasteiger partial charge in [-0.05, 0) is 32.1 Å². The molecule has 3 rings (SSSR count). The number of piperidine rings is 1. The predicted octanol–water partition coefficient (Wildman–Crippen LogP) is 0.582. The number of nitrogens with zero attached hydrogens (tertiary/aromatic N) is 2. The van der Waals surface area contributed by atoms with Crippen LogP contribution in [0.5, 0.6) is 0 Å². The van der Waals surface area contributed by atoms with Gasteiger partial charge in [-0.2, -0.15) is 4.31 Å². The highest BCUT2D eigenvalue weighted by molar-refractivity contribution is 7.89. The van der Waals surface area contributed by atoms with E-state index in [4.69, 9.17) is 4.52 Å². The molecule has 2 fully saturated rings. The van der Waals surface area contributed by atoms with Gasteiger partial charge in [0.2, 0.25) is 15.9 Å². The lowest BCUT2D eigenvalue weighted by atomic mass is 9.78. The van der Waals surface area contributed by atoms with Gasteiger partial charge in [0, 0.05) is 26.1 Å². The van der Waals surface area contributed by atoms with Crippen LogP contribution in [0.4, 0.5) is 0 Å². The van der Waals surface area contributed by atoms with E-state index in [9.17, 15) is 13.2 Å². The van der Waals surface area contributed by atoms with Crippen LogP contribution in [0.2, 0.25) is 0 Å². The zero-order chi connectivity index (χ0) is 15.3. The first-order chi connectivity index (χ1) is 9.84. The van der Waals surface area contributed by atoms with Crippen LogP contribution in [0.1, 0.15) is 30.7 Å². The lowest BCUT2D eigenvalue weighted by Gasteiger charge is -2.37. The first-order valence-electron chi connectivity index (χ1n) is 7.04. The molecule has 2 aliphatic heterocycles. The second kappa shape index (κ2) is 4.81. The van der Waals surface area contributed by atoms with E-state index in [2.05, 4.69) is 10.5 Å². The van der Waals surface area contributed by atoms with Gasteiger partial charge in [0.25, 0.3) is 0 Å². The first-order valence-corrected chi connectivity index (χ1v) is 8.48. The first kappa shape index (κ1) is 14.5. The normalized spacial score (nSPS) is 22.7. The van der Waals surface area contributed by atoms with Crippen LogP contribution in [0.3, 0.4) is 0 Å². The molecule has 0 bridgehead atoms. The summed E-state index contributed by atoms with van der Waals surface area (Å²) in [5.41, 5.74) is 0.326. The number of hydrogen-bond acceptors (Lipinski definition) is 5. The zero-order valence-electron chi connectivity index (χ0n) is 12.2. The molecule has 21 heavy (non-hydrogen) atoms. The number of rotatable bonds is 2. The average Bonchev–Trinajstić information content (AvgIpc) is 2.94. The van der Waals surface area contributed by atoms with Crippen LogP contribution in [0, 0.1) is 19.3 Å². The van der Waals surface area contributed by atoms with Gasteiger partial charge in [-0.15, -0.1) is 0 Å². The number of amides is 1. The van der Waals surface area contributed by atoms with Crippen LogP contribution in [0.15, 0.2) is 9.42 Å². The van der Waals surface area contributed by atoms with E-state index in [1.165, 1.54) is 4.31 Å². The number of carbonyl (C=O) groups excluding carboxylic acids is 1. The molecule has 8 heteroatoms. The summed E-state index contributed by atoms with van der Waals surface area (Å²) in [6, 6.07) is 0. The van der Waals surface area contributed by atoms with Crippen LogP contribution in [-0.4, -0.2) is 43.4 Å². The zero-order valence-corrected chi connectivity index (χ0v) is 13.0. The molecule has 0 unspecified atom stereocenters. The van der Waals surface area contributed by atoms with Gasteiger partial charge in [-0.3, -0.25) is 4.79 Å². The summed E-state index contributed by atoms with van der Waals surface area (Å²) >= 11 is 0. The lowest BCUT2D eigenvalue weighted by molar-refractivity contribution is -0.119. The van der Waals surface area contributed by atoms with Gasteiger partial charge in [0.05, 0.1) is 0 Å². The molecule has 0 aliphatic carbocycles. The molecule has 1 N–H and O–H groups in total. The fourth-order valence-corrected chi connectivity index (χ4v) is 5.01. The Kier molecular flexibility index (Phi) is 3.32. The van der Waals surface area contributed by atoms with Gasteiger partial charge in [-0.1, -0.05) is 5.16 Å². The monoisotopic (exact) mass is 313 g/mol. The number of aryl methyl sites for hydroxylation is 2. The highest BCUT2D eigenvalue weighted by atomic mass is 32.2. The lowest BCUT2D eigenvalue weighted by Crippen LogP contribution is -2.44. The summed E-state index contributed by atoms with van der Waals surface area (Å²) in [4.78, 5) is 11.6. The Hall–Kier alpha value is -1.41. The molecule has 0 aromatic carbocycles. The van der Waals surface area contributed by atoms with Crippen molar-refractivity contribution < 1.29 is 17.7 Å². The molecule has 3 heterocycles. The summed E-state index contributed by atoms with van der Waals surface area (Å²) in [7, 11) is -3.57. The molecule has 2 aliphatic rings. The number of nitrogens with one attached hydrogen (secondary N) is 1. The molecule has 1 spiro atoms. The molecule has 0 radical (unpaired) electrons. The van der Waals surface area contributed by atoms with Crippen molar-refractivity contribution >= 4 is 15.9 Å². The molecule has 1 amide bonds. The van der Waals surface area contributed by atoms with Crippen LogP contribution in [0.25, 0.3) is 0 Å². The third kappa shape index (κ3) is 2.36. The molecule has 116 valence electrons. The molecule has 2 saturated heterocycles. The SMILES string of the molecule is Cc1noc(C)c1S(=O)(=O)N1CCC2(CC1)CNC(=O)C2. The summed E-state index contributed by atoms with van der Waals surface area (Å²) in [6.07, 6.45) is 1.91. The Labute approximate surface area is 123 Å². The van der Waals surface area contributed by atoms with Crippen LogP contribution in [-0.2, 0) is 14.8 Å². The van der Waals surface area contributed by atoms with Crippen molar-refractivity contribution in [2.75, 3.05) is 19.6 Å². The molecular weight excluding hydrogens is 294 g/mol. The standard InChI is InChI=1S/C13H19N3O4S/c1-9-12(10(2)20-15-9)21(18,19)16-5-3-13(4-6-16)7-11(17)14-8-13/h3-8H2,1-2H3,(H,14,17). The quantitative estimate of drug-likeness (QED) is 0.862. The Morgan fingerprint density at radius 3 is 2.43 bits per heavy atom. The minimum atomic E-state index is -3.57. The molecule has 0 atom stereocenters. The highest BCUT2D eigenvalue weighted by Gasteiger charge is 2.44. The predicted molar refractivity (Wildman–Crippen MR) is 74.0 cm³/mol. The molecule has 1 aromatic heterocycles. The Morgan fingerprint density at radius 1 is 1.29 bits per heavy atom. The van der Waals surface area contributed by atoms with Crippen molar-refractivity contribution in [3.8, 4) is 0 Å². The van der Waals surface area contributed by atoms with Crippen molar-refractivity contribution in [2.24, 2.45) is 5.41 Å². The van der Waals surface area contributed by atoms with Crippen molar-refractivity contribution in [1.82, 2.24) is 14.8 Å². The molecule has 0 saturated carbocycles. The average molecular weight is 313 g/mol. The minimum Gasteiger partial charge on any atom is -0.360 e. The molecule has 1 aromatic rings. The summed E-state index contributed by atoms with van der Waals surface area (Å²) < 4.78 is 31.9. The number of sulfonamides is 1. The third-order valence-electron chi connectivity index (χ3n) is 4.54. The number of hydrogen-bond donors (Lipinski definition) is 1. The molecule has 7 nitrogen and oxygen atoms in total. The van der Waals surface area contributed by atoms with Crippen molar-refractivity contribution in [2.45, 2.75) is 38.0 Å². The van der Waals surface area contributed by atoms with E-state index >= 15 is 0 Å². The Morgan fingerprint density at radius 2 is 1.95 bits per heavy atom. The fourth-order valence-electron chi connectivity index (χ4n) is 3.28. The van der Waals surface area contributed by atoms with Crippen LogP contribution >= 0.6 is 0 Å². The van der Waals surface area contributed by atoms with Crippen molar-refractivity contribution in [1.29, 1.82) is 0 Å². The van der Waals surface area contributed by atoms with E-state index < -0.39 is 10.0 Å². The summed E-state index contributed by atoms with van der Waals surface area (Å²) in [5, 5.41) is 6.57. The van der Waals surface area contributed by atoms with Gasteiger partial charge in [0.15, 0.2) is 5.76 Å². The number of carbonyl (C=O) groups is 1. The second-order valence-electron chi connectivity index (χ2n) is 6.01. The van der Waals surface area contributed by atoms with E-state index in [0.29, 0.717) is 50.4 Å².